The summed E-state index contributed by atoms with van der Waals surface area (Å²) in [6, 6.07) is 4.08. The maximum Gasteiger partial charge on any atom is 0.293 e. The lowest BCUT2D eigenvalue weighted by molar-refractivity contribution is -0.112. The molecule has 2 N–H and O–H groups in total. The van der Waals surface area contributed by atoms with Gasteiger partial charge in [-0.3, -0.25) is 4.79 Å². The number of primary amides is 1. The van der Waals surface area contributed by atoms with E-state index in [2.05, 4.69) is 10.7 Å². The topological polar surface area (TPSA) is 61.6 Å². The molecule has 0 aliphatic heterocycles. The summed E-state index contributed by atoms with van der Waals surface area (Å²) in [6.45, 7) is 0.0335. The number of halogens is 1. The van der Waals surface area contributed by atoms with Gasteiger partial charge in [0.2, 0.25) is 0 Å². The first-order chi connectivity index (χ1) is 7.63. The molecule has 0 atom stereocenters. The van der Waals surface area contributed by atoms with Gasteiger partial charge in [-0.15, -0.1) is 0 Å². The Kier molecular flexibility index (Phi) is 4.30. The van der Waals surface area contributed by atoms with E-state index < -0.39 is 11.7 Å². The van der Waals surface area contributed by atoms with E-state index in [1.54, 1.807) is 0 Å². The smallest absolute Gasteiger partial charge is 0.293 e. The lowest BCUT2D eigenvalue weighted by Crippen LogP contribution is -2.06. The Labute approximate surface area is 92.1 Å². The molecule has 0 bridgehead atoms. The van der Waals surface area contributed by atoms with E-state index in [0.717, 1.165) is 6.07 Å². The third-order valence-corrected chi connectivity index (χ3v) is 1.60. The van der Waals surface area contributed by atoms with E-state index in [-0.39, 0.29) is 12.4 Å². The minimum atomic E-state index is -0.806. The van der Waals surface area contributed by atoms with Crippen LogP contribution in [0.25, 0.3) is 0 Å². The fourth-order valence-electron chi connectivity index (χ4n) is 0.943. The predicted octanol–water partition coefficient (Wildman–Crippen LogP) is 0.645. The summed E-state index contributed by atoms with van der Waals surface area (Å²) in [4.78, 5) is 10.4. The first-order valence-corrected chi connectivity index (χ1v) is 4.36. The van der Waals surface area contributed by atoms with Crippen LogP contribution in [0.3, 0.4) is 0 Å². The summed E-state index contributed by atoms with van der Waals surface area (Å²) in [6.07, 6.45) is 0. The van der Waals surface area contributed by atoms with E-state index in [9.17, 15) is 9.18 Å². The standard InChI is InChI=1S/C11H10FNO3/c1-15-7-16-9-4-2-8(10(12)6-9)3-5-11(13)14/h2,4,6H,7H2,1H3,(H2,13,14). The zero-order chi connectivity index (χ0) is 12.0. The number of rotatable bonds is 3. The van der Waals surface area contributed by atoms with Crippen molar-refractivity contribution in [3.8, 4) is 17.6 Å². The van der Waals surface area contributed by atoms with Crippen molar-refractivity contribution in [1.29, 1.82) is 0 Å². The van der Waals surface area contributed by atoms with Crippen molar-refractivity contribution in [3.63, 3.8) is 0 Å². The van der Waals surface area contributed by atoms with Gasteiger partial charge in [-0.2, -0.15) is 0 Å². The molecule has 0 unspecified atom stereocenters. The molecule has 0 radical (unpaired) electrons. The van der Waals surface area contributed by atoms with Crippen molar-refractivity contribution in [3.05, 3.63) is 29.6 Å². The number of carbonyl (C=O) groups excluding carboxylic acids is 1. The number of methoxy groups -OCH3 is 1. The van der Waals surface area contributed by atoms with Gasteiger partial charge in [0.1, 0.15) is 11.6 Å². The molecular formula is C11H10FNO3. The molecule has 1 aromatic rings. The zero-order valence-corrected chi connectivity index (χ0v) is 8.62. The molecular weight excluding hydrogens is 213 g/mol. The average Bonchev–Trinajstić information content (AvgIpc) is 2.24. The summed E-state index contributed by atoms with van der Waals surface area (Å²) >= 11 is 0. The normalized spacial score (nSPS) is 9.12. The first kappa shape index (κ1) is 12.0. The monoisotopic (exact) mass is 223 g/mol. The molecule has 0 saturated heterocycles. The Morgan fingerprint density at radius 3 is 2.88 bits per heavy atom. The third-order valence-electron chi connectivity index (χ3n) is 1.60. The van der Waals surface area contributed by atoms with Crippen molar-refractivity contribution in [2.75, 3.05) is 13.9 Å². The summed E-state index contributed by atoms with van der Waals surface area (Å²) in [5.74, 6) is 3.29. The van der Waals surface area contributed by atoms with Gasteiger partial charge < -0.3 is 15.2 Å². The highest BCUT2D eigenvalue weighted by atomic mass is 19.1. The number of hydrogen-bond acceptors (Lipinski definition) is 3. The molecule has 1 aromatic carbocycles. The molecule has 0 saturated carbocycles. The van der Waals surface area contributed by atoms with Crippen LogP contribution in [0.15, 0.2) is 18.2 Å². The van der Waals surface area contributed by atoms with E-state index >= 15 is 0 Å². The van der Waals surface area contributed by atoms with E-state index in [1.165, 1.54) is 19.2 Å². The van der Waals surface area contributed by atoms with Gasteiger partial charge in [0.15, 0.2) is 6.79 Å². The van der Waals surface area contributed by atoms with Crippen molar-refractivity contribution < 1.29 is 18.7 Å². The highest BCUT2D eigenvalue weighted by Gasteiger charge is 2.02. The Hall–Kier alpha value is -2.06. The van der Waals surface area contributed by atoms with Crippen molar-refractivity contribution in [1.82, 2.24) is 0 Å². The van der Waals surface area contributed by atoms with E-state index in [0.29, 0.717) is 5.75 Å². The van der Waals surface area contributed by atoms with Crippen LogP contribution in [0.5, 0.6) is 5.75 Å². The molecule has 0 spiro atoms. The Morgan fingerprint density at radius 1 is 1.56 bits per heavy atom. The largest absolute Gasteiger partial charge is 0.467 e. The lowest BCUT2D eigenvalue weighted by Gasteiger charge is -2.04. The van der Waals surface area contributed by atoms with Crippen molar-refractivity contribution >= 4 is 5.91 Å². The van der Waals surface area contributed by atoms with Crippen LogP contribution in [0.4, 0.5) is 4.39 Å². The summed E-state index contributed by atoms with van der Waals surface area (Å²) in [7, 11) is 1.46. The van der Waals surface area contributed by atoms with Gasteiger partial charge in [0.05, 0.1) is 5.56 Å². The molecule has 5 heteroatoms. The van der Waals surface area contributed by atoms with Crippen LogP contribution in [0, 0.1) is 17.7 Å². The Balaban J connectivity index is 2.84. The van der Waals surface area contributed by atoms with Crippen LogP contribution in [0.2, 0.25) is 0 Å². The molecule has 1 amide bonds. The van der Waals surface area contributed by atoms with Gasteiger partial charge in [-0.25, -0.2) is 4.39 Å². The van der Waals surface area contributed by atoms with Crippen LogP contribution in [0.1, 0.15) is 5.56 Å². The summed E-state index contributed by atoms with van der Waals surface area (Å²) in [5, 5.41) is 0. The molecule has 1 rings (SSSR count). The second-order valence-electron chi connectivity index (χ2n) is 2.81. The number of amides is 1. The first-order valence-electron chi connectivity index (χ1n) is 4.36. The lowest BCUT2D eigenvalue weighted by atomic mass is 10.2. The van der Waals surface area contributed by atoms with Crippen LogP contribution in [-0.2, 0) is 9.53 Å². The molecule has 0 aliphatic rings. The van der Waals surface area contributed by atoms with Gasteiger partial charge in [-0.05, 0) is 12.1 Å². The minimum absolute atomic E-state index is 0.0335. The van der Waals surface area contributed by atoms with Gasteiger partial charge >= 0.3 is 0 Å². The average molecular weight is 223 g/mol. The molecule has 0 aliphatic carbocycles. The molecule has 84 valence electrons. The zero-order valence-electron chi connectivity index (χ0n) is 8.62. The van der Waals surface area contributed by atoms with Gasteiger partial charge in [0, 0.05) is 19.1 Å². The second-order valence-corrected chi connectivity index (χ2v) is 2.81. The SMILES string of the molecule is COCOc1ccc(C#CC(N)=O)c(F)c1. The molecule has 0 aromatic heterocycles. The summed E-state index contributed by atoms with van der Waals surface area (Å²) in [5.41, 5.74) is 4.90. The van der Waals surface area contributed by atoms with E-state index in [1.807, 2.05) is 5.92 Å². The van der Waals surface area contributed by atoms with Crippen LogP contribution < -0.4 is 10.5 Å². The molecule has 4 nitrogen and oxygen atoms in total. The van der Waals surface area contributed by atoms with Gasteiger partial charge in [0.25, 0.3) is 5.91 Å². The highest BCUT2D eigenvalue weighted by Crippen LogP contribution is 2.15. The second kappa shape index (κ2) is 5.73. The molecule has 16 heavy (non-hydrogen) atoms. The number of nitrogens with two attached hydrogens (primary N) is 1. The predicted molar refractivity (Wildman–Crippen MR) is 55.0 cm³/mol. The number of hydrogen-bond donors (Lipinski definition) is 1. The van der Waals surface area contributed by atoms with Crippen LogP contribution in [-0.4, -0.2) is 19.8 Å². The highest BCUT2D eigenvalue weighted by molar-refractivity contribution is 5.92. The fourth-order valence-corrected chi connectivity index (χ4v) is 0.943. The van der Waals surface area contributed by atoms with Crippen molar-refractivity contribution in [2.45, 2.75) is 0 Å². The minimum Gasteiger partial charge on any atom is -0.467 e. The molecule has 0 heterocycles. The molecule has 0 fully saturated rings. The Bertz CT molecular complexity index is 448. The van der Waals surface area contributed by atoms with Gasteiger partial charge in [-0.1, -0.05) is 5.92 Å². The maximum absolute atomic E-state index is 13.4. The van der Waals surface area contributed by atoms with Crippen LogP contribution >= 0.6 is 0 Å². The Morgan fingerprint density at radius 2 is 2.31 bits per heavy atom. The summed E-state index contributed by atoms with van der Waals surface area (Å²) < 4.78 is 23.0. The number of benzene rings is 1. The quantitative estimate of drug-likeness (QED) is 0.604. The fraction of sp³-hybridized carbons (Fsp3) is 0.182. The van der Waals surface area contributed by atoms with E-state index in [4.69, 9.17) is 10.5 Å². The number of ether oxygens (including phenoxy) is 2. The number of carbonyl (C=O) groups is 1. The third kappa shape index (κ3) is 3.59. The maximum atomic E-state index is 13.4. The van der Waals surface area contributed by atoms with Crippen molar-refractivity contribution in [2.24, 2.45) is 5.73 Å².